The first-order valence-electron chi connectivity index (χ1n) is 11.5. The summed E-state index contributed by atoms with van der Waals surface area (Å²) in [7, 11) is 1.78. The Hall–Kier alpha value is -3.40. The molecule has 6 rings (SSSR count). The topological polar surface area (TPSA) is 109 Å². The highest BCUT2D eigenvalue weighted by atomic mass is 16.5. The number of nitrogens with zero attached hydrogens (tertiary/aromatic N) is 6. The summed E-state index contributed by atoms with van der Waals surface area (Å²) in [5, 5.41) is 13.7. The molecule has 4 heterocycles. The van der Waals surface area contributed by atoms with Gasteiger partial charge in [-0.2, -0.15) is 0 Å². The van der Waals surface area contributed by atoms with Crippen molar-refractivity contribution in [3.05, 3.63) is 36.4 Å². The summed E-state index contributed by atoms with van der Waals surface area (Å²) in [6.07, 6.45) is 4.78. The first kappa shape index (κ1) is 20.2. The third kappa shape index (κ3) is 3.54. The van der Waals surface area contributed by atoms with Crippen LogP contribution in [0, 0.1) is 5.92 Å². The van der Waals surface area contributed by atoms with Crippen LogP contribution in [0.3, 0.4) is 0 Å². The fraction of sp³-hybridized carbons (Fsp3) is 0.478. The van der Waals surface area contributed by atoms with Crippen molar-refractivity contribution in [1.82, 2.24) is 19.5 Å². The van der Waals surface area contributed by atoms with Crippen LogP contribution in [0.1, 0.15) is 36.3 Å². The molecular weight excluding hydrogens is 422 g/mol. The van der Waals surface area contributed by atoms with Crippen molar-refractivity contribution in [2.24, 2.45) is 13.0 Å². The predicted octanol–water partition coefficient (Wildman–Crippen LogP) is 2.11. The average molecular weight is 450 g/mol. The lowest BCUT2D eigenvalue weighted by Crippen LogP contribution is -2.49. The fourth-order valence-corrected chi connectivity index (χ4v) is 4.86. The van der Waals surface area contributed by atoms with Crippen molar-refractivity contribution < 1.29 is 14.6 Å². The van der Waals surface area contributed by atoms with E-state index < -0.39 is 12.3 Å². The molecule has 10 heteroatoms. The van der Waals surface area contributed by atoms with E-state index in [0.717, 1.165) is 56.0 Å². The number of hydrogen-bond donors (Lipinski definition) is 2. The number of ether oxygens (including phenoxy) is 1. The number of para-hydroxylation sites is 2. The number of anilines is 3. The fourth-order valence-electron chi connectivity index (χ4n) is 4.86. The zero-order chi connectivity index (χ0) is 22.5. The van der Waals surface area contributed by atoms with E-state index >= 15 is 0 Å². The number of fused-ring (bicyclic) bond motifs is 2. The molecule has 1 unspecified atom stereocenters. The monoisotopic (exact) mass is 449 g/mol. The molecule has 2 N–H and O–H groups in total. The molecule has 172 valence electrons. The number of aliphatic hydroxyl groups is 1. The van der Waals surface area contributed by atoms with Crippen LogP contribution in [-0.4, -0.2) is 62.7 Å². The maximum atomic E-state index is 12.6. The summed E-state index contributed by atoms with van der Waals surface area (Å²) in [6.45, 7) is 1.98. The number of benzene rings is 1. The van der Waals surface area contributed by atoms with E-state index in [1.165, 1.54) is 6.33 Å². The van der Waals surface area contributed by atoms with E-state index in [-0.39, 0.29) is 11.9 Å². The number of esters is 1. The van der Waals surface area contributed by atoms with Gasteiger partial charge in [-0.3, -0.25) is 0 Å². The largest absolute Gasteiger partial charge is 0.460 e. The second-order valence-corrected chi connectivity index (χ2v) is 9.07. The van der Waals surface area contributed by atoms with Gasteiger partial charge in [0.15, 0.2) is 17.0 Å². The van der Waals surface area contributed by atoms with Crippen LogP contribution in [0.4, 0.5) is 17.2 Å². The van der Waals surface area contributed by atoms with Crippen molar-refractivity contribution in [2.75, 3.05) is 34.8 Å². The molecule has 33 heavy (non-hydrogen) atoms. The Morgan fingerprint density at radius 1 is 1.18 bits per heavy atom. The number of hydrogen-bond acceptors (Lipinski definition) is 9. The van der Waals surface area contributed by atoms with Crippen LogP contribution in [0.2, 0.25) is 0 Å². The van der Waals surface area contributed by atoms with Crippen molar-refractivity contribution >= 4 is 34.3 Å². The lowest BCUT2D eigenvalue weighted by atomic mass is 10.0. The SMILES string of the molecule is Cn1c(C(=O)OCC2CC2)nc2c(N3CCC(N4c5ccccc5NC4O)CC3)ncnc21. The normalized spacial score (nSPS) is 20.7. The Morgan fingerprint density at radius 2 is 1.97 bits per heavy atom. The Kier molecular flexibility index (Phi) is 4.83. The van der Waals surface area contributed by atoms with Crippen molar-refractivity contribution in [3.63, 3.8) is 0 Å². The molecule has 0 radical (unpaired) electrons. The molecule has 1 aliphatic carbocycles. The highest BCUT2D eigenvalue weighted by Gasteiger charge is 2.35. The Bertz CT molecular complexity index is 1200. The summed E-state index contributed by atoms with van der Waals surface area (Å²) in [5.41, 5.74) is 3.23. The van der Waals surface area contributed by atoms with Gasteiger partial charge >= 0.3 is 5.97 Å². The minimum absolute atomic E-state index is 0.210. The van der Waals surface area contributed by atoms with Crippen LogP contribution in [0.15, 0.2) is 30.6 Å². The zero-order valence-electron chi connectivity index (χ0n) is 18.5. The Morgan fingerprint density at radius 3 is 2.76 bits per heavy atom. The second kappa shape index (κ2) is 7.87. The van der Waals surface area contributed by atoms with Gasteiger partial charge in [0.25, 0.3) is 0 Å². The van der Waals surface area contributed by atoms with Gasteiger partial charge in [-0.15, -0.1) is 0 Å². The van der Waals surface area contributed by atoms with E-state index in [2.05, 4.69) is 30.1 Å². The Balaban J connectivity index is 1.21. The molecule has 2 aliphatic heterocycles. The first-order valence-corrected chi connectivity index (χ1v) is 11.5. The standard InChI is InChI=1S/C23H27N7O3/c1-28-19-18(27-21(28)22(31)33-12-14-6-7-14)20(25-13-24-19)29-10-8-15(9-11-29)30-17-5-3-2-4-16(17)26-23(30)32/h2-5,13-15,23,26,32H,6-12H2,1H3. The number of aliphatic hydroxyl groups excluding tert-OH is 1. The van der Waals surface area contributed by atoms with E-state index in [1.807, 2.05) is 24.3 Å². The summed E-state index contributed by atoms with van der Waals surface area (Å²) in [6, 6.07) is 8.19. The van der Waals surface area contributed by atoms with Gasteiger partial charge in [0, 0.05) is 26.2 Å². The average Bonchev–Trinajstić information content (AvgIpc) is 3.52. The van der Waals surface area contributed by atoms with Crippen molar-refractivity contribution in [2.45, 2.75) is 38.1 Å². The third-order valence-electron chi connectivity index (χ3n) is 6.85. The smallest absolute Gasteiger partial charge is 0.374 e. The van der Waals surface area contributed by atoms with Gasteiger partial charge in [0.05, 0.1) is 18.0 Å². The maximum Gasteiger partial charge on any atom is 0.374 e. The summed E-state index contributed by atoms with van der Waals surface area (Å²) < 4.78 is 7.12. The van der Waals surface area contributed by atoms with Gasteiger partial charge < -0.3 is 29.5 Å². The molecule has 0 amide bonds. The molecule has 10 nitrogen and oxygen atoms in total. The van der Waals surface area contributed by atoms with Gasteiger partial charge in [0.2, 0.25) is 12.2 Å². The molecule has 3 aromatic rings. The number of nitrogens with one attached hydrogen (secondary N) is 1. The lowest BCUT2D eigenvalue weighted by molar-refractivity contribution is 0.0468. The molecule has 0 spiro atoms. The minimum atomic E-state index is -0.718. The molecule has 2 fully saturated rings. The van der Waals surface area contributed by atoms with E-state index in [4.69, 9.17) is 4.74 Å². The number of piperidine rings is 1. The molecular formula is C23H27N7O3. The van der Waals surface area contributed by atoms with Crippen LogP contribution in [-0.2, 0) is 11.8 Å². The molecule has 1 saturated heterocycles. The Labute approximate surface area is 191 Å². The minimum Gasteiger partial charge on any atom is -0.460 e. The first-order chi connectivity index (χ1) is 16.1. The summed E-state index contributed by atoms with van der Waals surface area (Å²) in [5.74, 6) is 1.07. The van der Waals surface area contributed by atoms with Gasteiger partial charge in [-0.25, -0.2) is 19.7 Å². The number of aryl methyl sites for hydroxylation is 1. The maximum absolute atomic E-state index is 12.6. The number of carbonyl (C=O) groups is 1. The zero-order valence-corrected chi connectivity index (χ0v) is 18.5. The van der Waals surface area contributed by atoms with Crippen LogP contribution in [0.25, 0.3) is 11.2 Å². The van der Waals surface area contributed by atoms with E-state index in [1.54, 1.807) is 11.6 Å². The van der Waals surface area contributed by atoms with Crippen LogP contribution in [0.5, 0.6) is 0 Å². The summed E-state index contributed by atoms with van der Waals surface area (Å²) in [4.78, 5) is 30.3. The third-order valence-corrected chi connectivity index (χ3v) is 6.85. The van der Waals surface area contributed by atoms with Gasteiger partial charge in [0.1, 0.15) is 6.33 Å². The van der Waals surface area contributed by atoms with Gasteiger partial charge in [-0.05, 0) is 43.7 Å². The quantitative estimate of drug-likeness (QED) is 0.566. The van der Waals surface area contributed by atoms with Crippen molar-refractivity contribution in [3.8, 4) is 0 Å². The molecule has 1 aromatic carbocycles. The highest BCUT2D eigenvalue weighted by molar-refractivity contribution is 5.93. The number of aromatic nitrogens is 4. The molecule has 1 saturated carbocycles. The molecule has 3 aliphatic rings. The van der Waals surface area contributed by atoms with Crippen LogP contribution >= 0.6 is 0 Å². The lowest BCUT2D eigenvalue weighted by Gasteiger charge is -2.39. The number of imidazole rings is 1. The number of carbonyl (C=O) groups excluding carboxylic acids is 1. The van der Waals surface area contributed by atoms with E-state index in [0.29, 0.717) is 23.7 Å². The molecule has 0 bridgehead atoms. The number of rotatable bonds is 5. The van der Waals surface area contributed by atoms with Crippen molar-refractivity contribution in [1.29, 1.82) is 0 Å². The predicted molar refractivity (Wildman–Crippen MR) is 123 cm³/mol. The molecule has 1 atom stereocenters. The van der Waals surface area contributed by atoms with Gasteiger partial charge in [-0.1, -0.05) is 12.1 Å². The highest BCUT2D eigenvalue weighted by Crippen LogP contribution is 2.38. The summed E-state index contributed by atoms with van der Waals surface area (Å²) >= 11 is 0. The van der Waals surface area contributed by atoms with Crippen LogP contribution < -0.4 is 15.1 Å². The second-order valence-electron chi connectivity index (χ2n) is 9.07. The van der Waals surface area contributed by atoms with E-state index in [9.17, 15) is 9.90 Å². The molecule has 2 aromatic heterocycles.